The number of benzene rings is 2. The van der Waals surface area contributed by atoms with Gasteiger partial charge in [0, 0.05) is 31.9 Å². The van der Waals surface area contributed by atoms with Gasteiger partial charge in [-0.1, -0.05) is 54.3 Å². The molecule has 0 unspecified atom stereocenters. The molecule has 8 heteroatoms. The first-order chi connectivity index (χ1) is 13.4. The normalized spacial score (nSPS) is 15.6. The molecule has 1 aliphatic heterocycles. The summed E-state index contributed by atoms with van der Waals surface area (Å²) in [5.41, 5.74) is 2.42. The summed E-state index contributed by atoms with van der Waals surface area (Å²) < 4.78 is 0.348. The standard InChI is InChI=1S/C20H17N3O3S2/c1-21(2)15-11-9-14(10-12-15)5-3-8-18-19(24)22(20(27)28-18)16-6-4-7-17(13-16)23(25)26/h3-13H,1-2H3/b5-3+,18-8-. The molecule has 0 saturated carbocycles. The summed E-state index contributed by atoms with van der Waals surface area (Å²) in [6.07, 6.45) is 5.40. The third-order valence-electron chi connectivity index (χ3n) is 4.04. The van der Waals surface area contributed by atoms with Crippen molar-refractivity contribution in [2.75, 3.05) is 23.9 Å². The Hall–Kier alpha value is -2.97. The van der Waals surface area contributed by atoms with Gasteiger partial charge in [-0.2, -0.15) is 0 Å². The Balaban J connectivity index is 1.77. The van der Waals surface area contributed by atoms with Gasteiger partial charge in [-0.15, -0.1) is 0 Å². The number of hydrogen-bond donors (Lipinski definition) is 0. The van der Waals surface area contributed by atoms with Crippen LogP contribution in [0.3, 0.4) is 0 Å². The third-order valence-corrected chi connectivity index (χ3v) is 5.36. The van der Waals surface area contributed by atoms with E-state index in [1.165, 1.54) is 34.9 Å². The van der Waals surface area contributed by atoms with Crippen molar-refractivity contribution >= 4 is 57.3 Å². The van der Waals surface area contributed by atoms with Gasteiger partial charge in [-0.3, -0.25) is 19.8 Å². The Kier molecular flexibility index (Phi) is 5.91. The fourth-order valence-corrected chi connectivity index (χ4v) is 3.83. The van der Waals surface area contributed by atoms with Crippen molar-refractivity contribution < 1.29 is 9.72 Å². The Morgan fingerprint density at radius 1 is 1.18 bits per heavy atom. The molecule has 0 N–H and O–H groups in total. The molecule has 0 aromatic heterocycles. The molecule has 0 radical (unpaired) electrons. The molecule has 6 nitrogen and oxygen atoms in total. The van der Waals surface area contributed by atoms with Gasteiger partial charge in [0.05, 0.1) is 15.5 Å². The highest BCUT2D eigenvalue weighted by Crippen LogP contribution is 2.36. The molecule has 0 spiro atoms. The van der Waals surface area contributed by atoms with Crippen molar-refractivity contribution in [3.63, 3.8) is 0 Å². The van der Waals surface area contributed by atoms with Gasteiger partial charge in [0.1, 0.15) is 0 Å². The van der Waals surface area contributed by atoms with Crippen LogP contribution in [-0.2, 0) is 4.79 Å². The number of hydrogen-bond acceptors (Lipinski definition) is 6. The fourth-order valence-electron chi connectivity index (χ4n) is 2.58. The fraction of sp³-hybridized carbons (Fsp3) is 0.100. The zero-order valence-electron chi connectivity index (χ0n) is 15.2. The average Bonchev–Trinajstić information content (AvgIpc) is 2.95. The monoisotopic (exact) mass is 411 g/mol. The van der Waals surface area contributed by atoms with Crippen molar-refractivity contribution in [2.24, 2.45) is 0 Å². The summed E-state index contributed by atoms with van der Waals surface area (Å²) in [7, 11) is 3.96. The van der Waals surface area contributed by atoms with Crippen LogP contribution in [0.15, 0.2) is 65.6 Å². The van der Waals surface area contributed by atoms with E-state index in [1.54, 1.807) is 18.2 Å². The highest BCUT2D eigenvalue weighted by molar-refractivity contribution is 8.27. The molecule has 0 atom stereocenters. The van der Waals surface area contributed by atoms with Gasteiger partial charge in [-0.05, 0) is 29.8 Å². The van der Waals surface area contributed by atoms with E-state index < -0.39 is 4.92 Å². The molecule has 1 aliphatic rings. The van der Waals surface area contributed by atoms with E-state index in [0.717, 1.165) is 11.3 Å². The Morgan fingerprint density at radius 2 is 1.89 bits per heavy atom. The minimum atomic E-state index is -0.499. The Labute approximate surface area is 172 Å². The van der Waals surface area contributed by atoms with Gasteiger partial charge in [0.15, 0.2) is 4.32 Å². The van der Waals surface area contributed by atoms with Crippen LogP contribution in [-0.4, -0.2) is 29.2 Å². The Morgan fingerprint density at radius 3 is 2.54 bits per heavy atom. The summed E-state index contributed by atoms with van der Waals surface area (Å²) in [6, 6.07) is 13.9. The number of nitro benzene ring substituents is 1. The van der Waals surface area contributed by atoms with E-state index >= 15 is 0 Å². The van der Waals surface area contributed by atoms with Crippen LogP contribution in [0.25, 0.3) is 6.08 Å². The van der Waals surface area contributed by atoms with Gasteiger partial charge < -0.3 is 4.90 Å². The SMILES string of the molecule is CN(C)c1ccc(/C=C/C=C2\SC(=S)N(c3cccc([N+](=O)[O-])c3)C2=O)cc1. The molecule has 0 aliphatic carbocycles. The second-order valence-corrected chi connectivity index (χ2v) is 7.84. The van der Waals surface area contributed by atoms with Gasteiger partial charge in [0.25, 0.3) is 11.6 Å². The lowest BCUT2D eigenvalue weighted by Crippen LogP contribution is -2.27. The van der Waals surface area contributed by atoms with E-state index in [9.17, 15) is 14.9 Å². The maximum absolute atomic E-state index is 12.7. The number of thiocarbonyl (C=S) groups is 1. The van der Waals surface area contributed by atoms with Crippen LogP contribution in [0.1, 0.15) is 5.56 Å². The largest absolute Gasteiger partial charge is 0.378 e. The number of nitrogens with zero attached hydrogens (tertiary/aromatic N) is 3. The summed E-state index contributed by atoms with van der Waals surface area (Å²) in [5.74, 6) is -0.289. The van der Waals surface area contributed by atoms with E-state index in [-0.39, 0.29) is 11.6 Å². The first kappa shape index (κ1) is 19.8. The van der Waals surface area contributed by atoms with Crippen LogP contribution in [0, 0.1) is 10.1 Å². The molecule has 3 rings (SSSR count). The molecule has 142 valence electrons. The quantitative estimate of drug-likeness (QED) is 0.309. The zero-order chi connectivity index (χ0) is 20.3. The van der Waals surface area contributed by atoms with Crippen molar-refractivity contribution in [3.8, 4) is 0 Å². The maximum Gasteiger partial charge on any atom is 0.271 e. The van der Waals surface area contributed by atoms with Crippen molar-refractivity contribution in [1.29, 1.82) is 0 Å². The number of carbonyl (C=O) groups is 1. The van der Waals surface area contributed by atoms with E-state index in [4.69, 9.17) is 12.2 Å². The molecular weight excluding hydrogens is 394 g/mol. The lowest BCUT2D eigenvalue weighted by atomic mass is 10.2. The molecule has 1 heterocycles. The van der Waals surface area contributed by atoms with Crippen LogP contribution in [0.5, 0.6) is 0 Å². The first-order valence-corrected chi connectivity index (χ1v) is 9.56. The highest BCUT2D eigenvalue weighted by atomic mass is 32.2. The van der Waals surface area contributed by atoms with Gasteiger partial charge in [0.2, 0.25) is 0 Å². The molecule has 1 amide bonds. The molecule has 0 bridgehead atoms. The molecular formula is C20H17N3O3S2. The van der Waals surface area contributed by atoms with Crippen molar-refractivity contribution in [1.82, 2.24) is 0 Å². The number of amides is 1. The van der Waals surface area contributed by atoms with Crippen molar-refractivity contribution in [3.05, 3.63) is 81.3 Å². The summed E-state index contributed by atoms with van der Waals surface area (Å²) >= 11 is 6.47. The molecule has 2 aromatic carbocycles. The van der Waals surface area contributed by atoms with E-state index in [2.05, 4.69) is 0 Å². The smallest absolute Gasteiger partial charge is 0.271 e. The Bertz CT molecular complexity index is 998. The lowest BCUT2D eigenvalue weighted by molar-refractivity contribution is -0.384. The van der Waals surface area contributed by atoms with Crippen LogP contribution < -0.4 is 9.80 Å². The predicted octanol–water partition coefficient (Wildman–Crippen LogP) is 4.62. The van der Waals surface area contributed by atoms with Crippen LogP contribution in [0.4, 0.5) is 17.1 Å². The predicted molar refractivity (Wildman–Crippen MR) is 119 cm³/mol. The number of carbonyl (C=O) groups excluding carboxylic acids is 1. The maximum atomic E-state index is 12.7. The minimum Gasteiger partial charge on any atom is -0.378 e. The second kappa shape index (κ2) is 8.37. The summed E-state index contributed by atoms with van der Waals surface area (Å²) in [5, 5.41) is 11.0. The average molecular weight is 412 g/mol. The molecule has 28 heavy (non-hydrogen) atoms. The number of anilines is 2. The van der Waals surface area contributed by atoms with Crippen molar-refractivity contribution in [2.45, 2.75) is 0 Å². The number of nitro groups is 1. The van der Waals surface area contributed by atoms with Gasteiger partial charge >= 0.3 is 0 Å². The zero-order valence-corrected chi connectivity index (χ0v) is 16.9. The van der Waals surface area contributed by atoms with Crippen LogP contribution >= 0.6 is 24.0 Å². The van der Waals surface area contributed by atoms with E-state index in [1.807, 2.05) is 49.3 Å². The molecule has 1 saturated heterocycles. The topological polar surface area (TPSA) is 66.7 Å². The minimum absolute atomic E-state index is 0.0865. The van der Waals surface area contributed by atoms with E-state index in [0.29, 0.717) is 14.9 Å². The van der Waals surface area contributed by atoms with Gasteiger partial charge in [-0.25, -0.2) is 0 Å². The number of allylic oxidation sites excluding steroid dienone is 2. The number of non-ortho nitro benzene ring substituents is 1. The number of thioether (sulfide) groups is 1. The third kappa shape index (κ3) is 4.29. The van der Waals surface area contributed by atoms with Crippen LogP contribution in [0.2, 0.25) is 0 Å². The highest BCUT2D eigenvalue weighted by Gasteiger charge is 2.33. The lowest BCUT2D eigenvalue weighted by Gasteiger charge is -2.13. The summed E-state index contributed by atoms with van der Waals surface area (Å²) in [6.45, 7) is 0. The summed E-state index contributed by atoms with van der Waals surface area (Å²) in [4.78, 5) is 27.0. The molecule has 2 aromatic rings. The first-order valence-electron chi connectivity index (χ1n) is 8.33. The molecule has 1 fully saturated rings. The second-order valence-electron chi connectivity index (χ2n) is 6.16. The number of rotatable bonds is 5.